The van der Waals surface area contributed by atoms with Crippen molar-refractivity contribution in [2.24, 2.45) is 17.3 Å². The maximum absolute atomic E-state index is 11.9. The zero-order valence-electron chi connectivity index (χ0n) is 15.3. The largest absolute Gasteiger partial charge is 0.462 e. The molecule has 0 spiro atoms. The second-order valence-electron chi connectivity index (χ2n) is 7.86. The van der Waals surface area contributed by atoms with Crippen LogP contribution in [0.15, 0.2) is 0 Å². The van der Waals surface area contributed by atoms with Crippen LogP contribution in [-0.4, -0.2) is 57.6 Å². The lowest BCUT2D eigenvalue weighted by Crippen LogP contribution is -2.37. The minimum Gasteiger partial charge on any atom is -0.462 e. The molecule has 3 rings (SSSR count). The first-order valence-corrected chi connectivity index (χ1v) is 10.5. The highest BCUT2D eigenvalue weighted by Gasteiger charge is 2.64. The predicted molar refractivity (Wildman–Crippen MR) is 103 cm³/mol. The van der Waals surface area contributed by atoms with Crippen molar-refractivity contribution >= 4 is 22.1 Å². The molecule has 0 N–H and O–H groups in total. The maximum atomic E-state index is 11.9. The molecule has 1 heterocycles. The van der Waals surface area contributed by atoms with Crippen LogP contribution in [0.4, 0.5) is 0 Å². The molecular formula is C19H34O8S. The Bertz CT molecular complexity index is 671. The molecule has 0 aromatic carbocycles. The van der Waals surface area contributed by atoms with Crippen LogP contribution >= 0.6 is 0 Å². The maximum Gasteiger partial charge on any atom is 0.332 e. The van der Waals surface area contributed by atoms with Crippen LogP contribution in [0, 0.1) is 17.3 Å². The summed E-state index contributed by atoms with van der Waals surface area (Å²) in [5.74, 6) is -0.816. The van der Waals surface area contributed by atoms with Crippen molar-refractivity contribution in [3.63, 3.8) is 0 Å². The molecule has 3 aliphatic rings. The molecular weight excluding hydrogens is 388 g/mol. The molecule has 2 aliphatic carbocycles. The van der Waals surface area contributed by atoms with E-state index in [4.69, 9.17) is 18.4 Å². The van der Waals surface area contributed by atoms with Gasteiger partial charge < -0.3 is 14.2 Å². The number of esters is 2. The fraction of sp³-hybridized carbons (Fsp3) is 0.895. The average Bonchev–Trinajstić information content (AvgIpc) is 3.19. The van der Waals surface area contributed by atoms with E-state index >= 15 is 0 Å². The standard InChI is InChI=1S/C17H26O8S.2CH4/c1-4-17(2,3)16(19)23-6-5-22-13(18)9-24-14-10-7-11-12(8-10)26(20,21)25-15(11)14;;/h10-12,14-15H,4-9H2,1-3H3;2*1H4. The van der Waals surface area contributed by atoms with Crippen molar-refractivity contribution < 1.29 is 36.4 Å². The molecule has 8 nitrogen and oxygen atoms in total. The van der Waals surface area contributed by atoms with Gasteiger partial charge in [0.15, 0.2) is 0 Å². The van der Waals surface area contributed by atoms with Gasteiger partial charge in [0.1, 0.15) is 25.9 Å². The molecule has 5 atom stereocenters. The van der Waals surface area contributed by atoms with Crippen molar-refractivity contribution in [1.29, 1.82) is 0 Å². The third kappa shape index (κ3) is 4.68. The fourth-order valence-electron chi connectivity index (χ4n) is 3.95. The van der Waals surface area contributed by atoms with Crippen LogP contribution in [0.25, 0.3) is 0 Å². The SMILES string of the molecule is C.C.CCC(C)(C)C(=O)OCCOC(=O)COC1C2CC3C1OS(=O)(=O)C3C2. The first-order valence-electron chi connectivity index (χ1n) is 9.02. The van der Waals surface area contributed by atoms with E-state index in [1.807, 2.05) is 6.92 Å². The van der Waals surface area contributed by atoms with Crippen molar-refractivity contribution in [2.45, 2.75) is 72.3 Å². The lowest BCUT2D eigenvalue weighted by atomic mass is 9.91. The fourth-order valence-corrected chi connectivity index (χ4v) is 5.83. The first-order chi connectivity index (χ1) is 12.2. The monoisotopic (exact) mass is 422 g/mol. The van der Waals surface area contributed by atoms with Gasteiger partial charge in [0.25, 0.3) is 10.1 Å². The Labute approximate surface area is 168 Å². The third-order valence-electron chi connectivity index (χ3n) is 5.82. The summed E-state index contributed by atoms with van der Waals surface area (Å²) < 4.78 is 44.6. The topological polar surface area (TPSA) is 105 Å². The van der Waals surface area contributed by atoms with Gasteiger partial charge in [0, 0.05) is 5.92 Å². The van der Waals surface area contributed by atoms with Crippen molar-refractivity contribution in [3.05, 3.63) is 0 Å². The molecule has 1 saturated heterocycles. The average molecular weight is 423 g/mol. The molecule has 9 heteroatoms. The Balaban J connectivity index is 0.00000196. The van der Waals surface area contributed by atoms with Crippen LogP contribution in [0.2, 0.25) is 0 Å². The van der Waals surface area contributed by atoms with Gasteiger partial charge in [0.2, 0.25) is 0 Å². The number of hydrogen-bond donors (Lipinski definition) is 0. The lowest BCUT2D eigenvalue weighted by Gasteiger charge is -2.24. The first kappa shape index (κ1) is 24.8. The summed E-state index contributed by atoms with van der Waals surface area (Å²) in [6.07, 6.45) is 1.09. The number of carbonyl (C=O) groups is 2. The van der Waals surface area contributed by atoms with Crippen LogP contribution in [0.5, 0.6) is 0 Å². The summed E-state index contributed by atoms with van der Waals surface area (Å²) in [6.45, 7) is 5.16. The van der Waals surface area contributed by atoms with E-state index in [0.29, 0.717) is 12.8 Å². The van der Waals surface area contributed by atoms with Gasteiger partial charge in [0.05, 0.1) is 16.8 Å². The molecule has 2 bridgehead atoms. The number of fused-ring (bicyclic) bond motifs is 1. The molecule has 0 radical (unpaired) electrons. The van der Waals surface area contributed by atoms with E-state index in [0.717, 1.165) is 6.42 Å². The van der Waals surface area contributed by atoms with Gasteiger partial charge in [-0.1, -0.05) is 21.8 Å². The summed E-state index contributed by atoms with van der Waals surface area (Å²) in [6, 6.07) is 0. The molecule has 28 heavy (non-hydrogen) atoms. The van der Waals surface area contributed by atoms with Gasteiger partial charge in [-0.3, -0.25) is 8.98 Å². The summed E-state index contributed by atoms with van der Waals surface area (Å²) >= 11 is 0. The summed E-state index contributed by atoms with van der Waals surface area (Å²) in [5, 5.41) is -0.411. The molecule has 5 unspecified atom stereocenters. The third-order valence-corrected chi connectivity index (χ3v) is 7.60. The zero-order chi connectivity index (χ0) is 19.1. The van der Waals surface area contributed by atoms with Crippen molar-refractivity contribution in [1.82, 2.24) is 0 Å². The van der Waals surface area contributed by atoms with Gasteiger partial charge >= 0.3 is 11.9 Å². The van der Waals surface area contributed by atoms with Crippen LogP contribution < -0.4 is 0 Å². The van der Waals surface area contributed by atoms with Crippen LogP contribution in [0.1, 0.15) is 54.9 Å². The van der Waals surface area contributed by atoms with Gasteiger partial charge in [-0.05, 0) is 39.0 Å². The van der Waals surface area contributed by atoms with E-state index in [2.05, 4.69) is 0 Å². The van der Waals surface area contributed by atoms with Gasteiger partial charge in [-0.15, -0.1) is 0 Å². The summed E-state index contributed by atoms with van der Waals surface area (Å²) in [5.41, 5.74) is -0.561. The van der Waals surface area contributed by atoms with Gasteiger partial charge in [-0.2, -0.15) is 8.42 Å². The number of rotatable bonds is 8. The molecule has 0 aromatic rings. The minimum absolute atomic E-state index is 0. The second kappa shape index (κ2) is 9.09. The predicted octanol–water partition coefficient (Wildman–Crippen LogP) is 2.30. The summed E-state index contributed by atoms with van der Waals surface area (Å²) in [7, 11) is -3.49. The Hall–Kier alpha value is -1.19. The Morgan fingerprint density at radius 3 is 2.39 bits per heavy atom. The lowest BCUT2D eigenvalue weighted by molar-refractivity contribution is -0.162. The Morgan fingerprint density at radius 2 is 1.75 bits per heavy atom. The van der Waals surface area contributed by atoms with E-state index in [-0.39, 0.29) is 58.6 Å². The summed E-state index contributed by atoms with van der Waals surface area (Å²) in [4.78, 5) is 23.6. The molecule has 164 valence electrons. The quantitative estimate of drug-likeness (QED) is 0.333. The Morgan fingerprint density at radius 1 is 1.11 bits per heavy atom. The molecule has 0 aromatic heterocycles. The van der Waals surface area contributed by atoms with E-state index in [1.165, 1.54) is 0 Å². The zero-order valence-corrected chi connectivity index (χ0v) is 16.1. The van der Waals surface area contributed by atoms with Gasteiger partial charge in [-0.25, -0.2) is 4.79 Å². The highest BCUT2D eigenvalue weighted by Crippen LogP contribution is 2.55. The smallest absolute Gasteiger partial charge is 0.332 e. The molecule has 3 fully saturated rings. The highest BCUT2D eigenvalue weighted by atomic mass is 32.2. The minimum atomic E-state index is -3.49. The highest BCUT2D eigenvalue weighted by molar-refractivity contribution is 7.87. The molecule has 2 saturated carbocycles. The van der Waals surface area contributed by atoms with E-state index < -0.39 is 32.9 Å². The number of ether oxygens (including phenoxy) is 3. The molecule has 1 aliphatic heterocycles. The second-order valence-corrected chi connectivity index (χ2v) is 9.64. The van der Waals surface area contributed by atoms with E-state index in [9.17, 15) is 18.0 Å². The van der Waals surface area contributed by atoms with Crippen LogP contribution in [-0.2, 0) is 38.1 Å². The van der Waals surface area contributed by atoms with Crippen molar-refractivity contribution in [2.75, 3.05) is 19.8 Å². The number of hydrogen-bond acceptors (Lipinski definition) is 8. The normalized spacial score (nSPS) is 31.6. The number of carbonyl (C=O) groups excluding carboxylic acids is 2. The van der Waals surface area contributed by atoms with E-state index in [1.54, 1.807) is 13.8 Å². The van der Waals surface area contributed by atoms with Crippen LogP contribution in [0.3, 0.4) is 0 Å². The van der Waals surface area contributed by atoms with Crippen molar-refractivity contribution in [3.8, 4) is 0 Å². The molecule has 0 amide bonds. The Kier molecular flexibility index (Phi) is 8.06.